The lowest BCUT2D eigenvalue weighted by Gasteiger charge is -2.23. The third kappa shape index (κ3) is 3.54. The highest BCUT2D eigenvalue weighted by Crippen LogP contribution is 2.24. The van der Waals surface area contributed by atoms with E-state index in [1.807, 2.05) is 17.2 Å². The van der Waals surface area contributed by atoms with Gasteiger partial charge in [0, 0.05) is 19.2 Å². The Morgan fingerprint density at radius 1 is 1.58 bits per heavy atom. The van der Waals surface area contributed by atoms with E-state index in [1.54, 1.807) is 17.8 Å². The van der Waals surface area contributed by atoms with Crippen LogP contribution in [-0.4, -0.2) is 41.4 Å². The second kappa shape index (κ2) is 7.01. The summed E-state index contributed by atoms with van der Waals surface area (Å²) in [5, 5.41) is 8.91. The molecule has 106 valence electrons. The number of aliphatic hydroxyl groups is 1. The van der Waals surface area contributed by atoms with Crippen LogP contribution in [0.5, 0.6) is 0 Å². The molecule has 1 aromatic rings. The molecular weight excluding hydrogens is 262 g/mol. The van der Waals surface area contributed by atoms with Gasteiger partial charge in [0.25, 0.3) is 5.91 Å². The summed E-state index contributed by atoms with van der Waals surface area (Å²) in [6.45, 7) is 0.991. The predicted molar refractivity (Wildman–Crippen MR) is 76.3 cm³/mol. The average Bonchev–Trinajstić information content (AvgIpc) is 3.04. The molecule has 5 heteroatoms. The largest absolute Gasteiger partial charge is 0.455 e. The van der Waals surface area contributed by atoms with E-state index in [9.17, 15) is 4.79 Å². The maximum Gasteiger partial charge on any atom is 0.289 e. The smallest absolute Gasteiger partial charge is 0.289 e. The number of aliphatic hydroxyl groups excluding tert-OH is 1. The highest BCUT2D eigenvalue weighted by molar-refractivity contribution is 7.97. The molecule has 0 spiro atoms. The zero-order valence-electron chi connectivity index (χ0n) is 11.3. The van der Waals surface area contributed by atoms with Gasteiger partial charge in [-0.25, -0.2) is 0 Å². The Bertz CT molecular complexity index is 419. The van der Waals surface area contributed by atoms with Gasteiger partial charge in [0.05, 0.1) is 5.75 Å². The van der Waals surface area contributed by atoms with Crippen LogP contribution < -0.4 is 0 Å². The van der Waals surface area contributed by atoms with Crippen LogP contribution in [0.2, 0.25) is 0 Å². The van der Waals surface area contributed by atoms with Crippen LogP contribution in [0.15, 0.2) is 16.5 Å². The van der Waals surface area contributed by atoms with Crippen LogP contribution in [-0.2, 0) is 5.75 Å². The van der Waals surface area contributed by atoms with E-state index in [0.717, 1.165) is 43.7 Å². The molecule has 0 radical (unpaired) electrons. The summed E-state index contributed by atoms with van der Waals surface area (Å²) in [6, 6.07) is 3.91. The lowest BCUT2D eigenvalue weighted by molar-refractivity contribution is 0.0691. The van der Waals surface area contributed by atoms with Crippen molar-refractivity contribution in [3.63, 3.8) is 0 Å². The van der Waals surface area contributed by atoms with E-state index in [2.05, 4.69) is 0 Å². The Labute approximate surface area is 118 Å². The molecule has 0 aliphatic carbocycles. The van der Waals surface area contributed by atoms with Crippen LogP contribution in [0, 0.1) is 0 Å². The molecule has 1 aliphatic heterocycles. The lowest BCUT2D eigenvalue weighted by atomic mass is 10.1. The Balaban J connectivity index is 2.00. The van der Waals surface area contributed by atoms with Crippen molar-refractivity contribution >= 4 is 17.7 Å². The summed E-state index contributed by atoms with van der Waals surface area (Å²) in [4.78, 5) is 14.3. The Kier molecular flexibility index (Phi) is 5.34. The molecular formula is C14H21NO3S. The fraction of sp³-hybridized carbons (Fsp3) is 0.643. The normalized spacial score (nSPS) is 19.1. The SMILES string of the molecule is CSCc1ccc(C(=O)N2CCCC2CCCO)o1. The number of carbonyl (C=O) groups is 1. The minimum atomic E-state index is -0.00667. The first-order valence-corrected chi connectivity index (χ1v) is 8.15. The van der Waals surface area contributed by atoms with E-state index in [-0.39, 0.29) is 18.6 Å². The van der Waals surface area contributed by atoms with Gasteiger partial charge in [-0.05, 0) is 44.1 Å². The number of likely N-dealkylation sites (tertiary alicyclic amines) is 1. The van der Waals surface area contributed by atoms with Gasteiger partial charge in [0.1, 0.15) is 5.76 Å². The first-order valence-electron chi connectivity index (χ1n) is 6.75. The monoisotopic (exact) mass is 283 g/mol. The molecule has 1 atom stereocenters. The van der Waals surface area contributed by atoms with Crippen molar-refractivity contribution in [1.29, 1.82) is 0 Å². The molecule has 1 fully saturated rings. The molecule has 2 heterocycles. The second-order valence-corrected chi connectivity index (χ2v) is 5.73. The van der Waals surface area contributed by atoms with Crippen LogP contribution in [0.1, 0.15) is 42.0 Å². The fourth-order valence-electron chi connectivity index (χ4n) is 2.58. The van der Waals surface area contributed by atoms with Crippen LogP contribution in [0.3, 0.4) is 0 Å². The molecule has 4 nitrogen and oxygen atoms in total. The van der Waals surface area contributed by atoms with Crippen molar-refractivity contribution in [3.8, 4) is 0 Å². The third-order valence-corrected chi connectivity index (χ3v) is 4.07. The Morgan fingerprint density at radius 3 is 3.16 bits per heavy atom. The summed E-state index contributed by atoms with van der Waals surface area (Å²) < 4.78 is 5.59. The molecule has 1 amide bonds. The van der Waals surface area contributed by atoms with E-state index >= 15 is 0 Å². The molecule has 1 aromatic heterocycles. The van der Waals surface area contributed by atoms with Crippen LogP contribution in [0.4, 0.5) is 0 Å². The van der Waals surface area contributed by atoms with E-state index < -0.39 is 0 Å². The highest BCUT2D eigenvalue weighted by atomic mass is 32.2. The van der Waals surface area contributed by atoms with Crippen molar-refractivity contribution in [2.45, 2.75) is 37.5 Å². The van der Waals surface area contributed by atoms with E-state index in [1.165, 1.54) is 0 Å². The first-order chi connectivity index (χ1) is 9.26. The van der Waals surface area contributed by atoms with Gasteiger partial charge in [0.15, 0.2) is 5.76 Å². The standard InChI is InChI=1S/C14H21NO3S/c1-19-10-12-6-7-13(18-12)14(17)15-8-2-4-11(15)5-3-9-16/h6-7,11,16H,2-5,8-10H2,1H3. The minimum absolute atomic E-state index is 0.00667. The molecule has 0 saturated carbocycles. The van der Waals surface area contributed by atoms with Gasteiger partial charge in [-0.15, -0.1) is 0 Å². The number of carbonyl (C=O) groups excluding carboxylic acids is 1. The third-order valence-electron chi connectivity index (χ3n) is 3.49. The molecule has 1 aliphatic rings. The van der Waals surface area contributed by atoms with Crippen molar-refractivity contribution in [2.75, 3.05) is 19.4 Å². The quantitative estimate of drug-likeness (QED) is 0.871. The maximum absolute atomic E-state index is 12.4. The molecule has 19 heavy (non-hydrogen) atoms. The van der Waals surface area contributed by atoms with Gasteiger partial charge in [-0.1, -0.05) is 0 Å². The van der Waals surface area contributed by atoms with Crippen molar-refractivity contribution in [3.05, 3.63) is 23.7 Å². The average molecular weight is 283 g/mol. The van der Waals surface area contributed by atoms with Crippen molar-refractivity contribution in [1.82, 2.24) is 4.90 Å². The van der Waals surface area contributed by atoms with Gasteiger partial charge in [0.2, 0.25) is 0 Å². The topological polar surface area (TPSA) is 53.7 Å². The predicted octanol–water partition coefficient (Wildman–Crippen LogP) is 2.52. The van der Waals surface area contributed by atoms with Gasteiger partial charge in [-0.3, -0.25) is 4.79 Å². The van der Waals surface area contributed by atoms with Crippen LogP contribution in [0.25, 0.3) is 0 Å². The minimum Gasteiger partial charge on any atom is -0.455 e. The Morgan fingerprint density at radius 2 is 2.42 bits per heavy atom. The number of thioether (sulfide) groups is 1. The van der Waals surface area contributed by atoms with Gasteiger partial charge < -0.3 is 14.4 Å². The van der Waals surface area contributed by atoms with E-state index in [4.69, 9.17) is 9.52 Å². The van der Waals surface area contributed by atoms with Gasteiger partial charge >= 0.3 is 0 Å². The number of nitrogens with zero attached hydrogens (tertiary/aromatic N) is 1. The van der Waals surface area contributed by atoms with Crippen molar-refractivity contribution in [2.24, 2.45) is 0 Å². The maximum atomic E-state index is 12.4. The number of hydrogen-bond donors (Lipinski definition) is 1. The lowest BCUT2D eigenvalue weighted by Crippen LogP contribution is -2.35. The van der Waals surface area contributed by atoms with Gasteiger partial charge in [-0.2, -0.15) is 11.8 Å². The summed E-state index contributed by atoms with van der Waals surface area (Å²) in [5.41, 5.74) is 0. The zero-order chi connectivity index (χ0) is 13.7. The molecule has 1 N–H and O–H groups in total. The zero-order valence-corrected chi connectivity index (χ0v) is 12.1. The number of amides is 1. The summed E-state index contributed by atoms with van der Waals surface area (Å²) in [7, 11) is 0. The Hall–Kier alpha value is -0.940. The molecule has 0 bridgehead atoms. The molecule has 1 unspecified atom stereocenters. The first kappa shape index (κ1) is 14.5. The van der Waals surface area contributed by atoms with Crippen LogP contribution >= 0.6 is 11.8 Å². The summed E-state index contributed by atoms with van der Waals surface area (Å²) in [5.74, 6) is 2.08. The second-order valence-electron chi connectivity index (χ2n) is 4.86. The highest BCUT2D eigenvalue weighted by Gasteiger charge is 2.30. The summed E-state index contributed by atoms with van der Waals surface area (Å²) in [6.07, 6.45) is 5.71. The summed E-state index contributed by atoms with van der Waals surface area (Å²) >= 11 is 1.68. The molecule has 2 rings (SSSR count). The number of furan rings is 1. The number of rotatable bonds is 6. The number of hydrogen-bond acceptors (Lipinski definition) is 4. The molecule has 1 saturated heterocycles. The molecule has 0 aromatic carbocycles. The van der Waals surface area contributed by atoms with Crippen molar-refractivity contribution < 1.29 is 14.3 Å². The van der Waals surface area contributed by atoms with E-state index in [0.29, 0.717) is 5.76 Å². The fourth-order valence-corrected chi connectivity index (χ4v) is 3.02.